The van der Waals surface area contributed by atoms with Crippen LogP contribution in [0, 0.1) is 0 Å². The van der Waals surface area contributed by atoms with Crippen molar-refractivity contribution < 1.29 is 44.1 Å². The van der Waals surface area contributed by atoms with Crippen LogP contribution < -0.4 is 39.7 Å². The Labute approximate surface area is 502 Å². The molecule has 412 valence electrons. The number of hydrogen-bond donors (Lipinski definition) is 1. The Morgan fingerprint density at radius 3 is 1.29 bits per heavy atom. The fraction of sp³-hybridized carbons (Fsp3) is 0.474. The van der Waals surface area contributed by atoms with E-state index in [0.717, 1.165) is 64.0 Å². The lowest BCUT2D eigenvalue weighted by molar-refractivity contribution is -0.00879. The summed E-state index contributed by atoms with van der Waals surface area (Å²) in [5.41, 5.74) is 0.943. The van der Waals surface area contributed by atoms with Gasteiger partial charge in [-0.3, -0.25) is 9.80 Å². The number of piperazine rings is 3. The Hall–Kier alpha value is -5.19. The number of pyridine rings is 6. The minimum absolute atomic E-state index is 0.0293. The third-order valence-corrected chi connectivity index (χ3v) is 16.3. The summed E-state index contributed by atoms with van der Waals surface area (Å²) in [6.45, 7) is 9.59. The molecular formula is C57H70BBr2ClN12O5. The number of methoxy groups -OCH3 is 3. The maximum Gasteiger partial charge on any atom is 0.496 e. The van der Waals surface area contributed by atoms with Gasteiger partial charge in [-0.05, 0) is 126 Å². The van der Waals surface area contributed by atoms with Gasteiger partial charge in [0.1, 0.15) is 17.5 Å². The molecule has 17 nitrogen and oxygen atoms in total. The molecule has 0 saturated carbocycles. The Balaban J connectivity index is 0.000000146. The van der Waals surface area contributed by atoms with Gasteiger partial charge in [0.05, 0.1) is 44.7 Å². The third-order valence-electron chi connectivity index (χ3n) is 15.1. The van der Waals surface area contributed by atoms with E-state index in [2.05, 4.69) is 98.6 Å². The lowest BCUT2D eigenvalue weighted by atomic mass is 9.80. The number of fused-ring (bicyclic) bond motifs is 6. The molecule has 6 atom stereocenters. The molecule has 16 heterocycles. The summed E-state index contributed by atoms with van der Waals surface area (Å²) in [7, 11) is -8.19. The van der Waals surface area contributed by atoms with E-state index < -0.39 is 58.3 Å². The summed E-state index contributed by atoms with van der Waals surface area (Å²) in [5, 5.41) is 3.51. The van der Waals surface area contributed by atoms with Crippen LogP contribution in [0.5, 0.6) is 17.6 Å². The lowest BCUT2D eigenvalue weighted by Crippen LogP contribution is -2.68. The van der Waals surface area contributed by atoms with Crippen molar-refractivity contribution in [3.8, 4) is 17.6 Å². The standard InChI is InChI=1S/C23H31BN4O3.C17H19BrN4O.C10H12BrN3.C7H8ClNO/c1-22(2)23(3,4)31-24(30-22)17-7-8-20(25-12-17)27-14-18-10-19(15-27)28(18)13-16-6-9-21(29-5)26-11-16;1-23-17-5-2-12(7-20-17)9-22-14-6-15(22)11-21(10-14)16-4-3-13(18)8-19-16;11-7-1-2-10(12-4-7)14-5-8-3-9(6-14)13-8;1-10-7-3-2-6(4-8)5-9-7/h6-9,11-12,18-19H,10,13-15H2,1-5H3;2-5,7-8,14-15H,6,9-11H2,1H3;1-2,4,8-9,13H,3,5-6H2;2-3,5H,4H2,1H3/i5D3,13D2;1D3,9D2;;1D3,4D2. The summed E-state index contributed by atoms with van der Waals surface area (Å²) < 4.78 is 141. The van der Waals surface area contributed by atoms with Crippen LogP contribution >= 0.6 is 43.5 Å². The molecule has 6 unspecified atom stereocenters. The Morgan fingerprint density at radius 2 is 0.949 bits per heavy atom. The van der Waals surface area contributed by atoms with E-state index in [9.17, 15) is 0 Å². The number of aromatic nitrogens is 6. The van der Waals surface area contributed by atoms with Gasteiger partial charge in [-0.15, -0.1) is 11.6 Å². The molecule has 10 fully saturated rings. The van der Waals surface area contributed by atoms with E-state index in [1.165, 1.54) is 55.2 Å². The highest BCUT2D eigenvalue weighted by Crippen LogP contribution is 2.39. The molecule has 10 saturated heterocycles. The smallest absolute Gasteiger partial charge is 0.481 e. The molecule has 10 aliphatic rings. The second-order valence-corrected chi connectivity index (χ2v) is 22.9. The molecule has 6 aromatic rings. The predicted molar refractivity (Wildman–Crippen MR) is 313 cm³/mol. The summed E-state index contributed by atoms with van der Waals surface area (Å²) >= 11 is 12.2. The van der Waals surface area contributed by atoms with Gasteiger partial charge in [-0.1, -0.05) is 24.3 Å². The normalized spacial score (nSPS) is 28.0. The molecular weight excluding hydrogens is 1140 g/mol. The minimum Gasteiger partial charge on any atom is -0.481 e. The average Bonchev–Trinajstić information content (AvgIpc) is 1.43. The van der Waals surface area contributed by atoms with Gasteiger partial charge in [0, 0.05) is 172 Å². The summed E-state index contributed by atoms with van der Waals surface area (Å²) in [6, 6.07) is 22.0. The zero-order chi connectivity index (χ0) is 67.4. The molecule has 6 bridgehead atoms. The van der Waals surface area contributed by atoms with Crippen LogP contribution in [-0.2, 0) is 28.1 Å². The van der Waals surface area contributed by atoms with Gasteiger partial charge in [0.25, 0.3) is 0 Å². The van der Waals surface area contributed by atoms with Crippen LogP contribution in [0.15, 0.2) is 119 Å². The molecule has 0 spiro atoms. The topological polar surface area (TPSA) is 152 Å². The average molecular weight is 1220 g/mol. The zero-order valence-electron chi connectivity index (χ0n) is 58.4. The van der Waals surface area contributed by atoms with Crippen LogP contribution in [0.1, 0.15) is 84.2 Å². The van der Waals surface area contributed by atoms with Gasteiger partial charge in [0.2, 0.25) is 17.6 Å². The molecule has 6 aromatic heterocycles. The van der Waals surface area contributed by atoms with Crippen molar-refractivity contribution in [2.24, 2.45) is 0 Å². The van der Waals surface area contributed by atoms with Crippen molar-refractivity contribution >= 4 is 73.5 Å². The predicted octanol–water partition coefficient (Wildman–Crippen LogP) is 8.18. The van der Waals surface area contributed by atoms with Crippen LogP contribution in [-0.4, -0.2) is 155 Å². The maximum atomic E-state index is 8.77. The number of halogens is 3. The molecule has 0 amide bonds. The number of nitrogens with one attached hydrogen (secondary N) is 1. The maximum absolute atomic E-state index is 8.77. The molecule has 0 radical (unpaired) electrons. The minimum atomic E-state index is -2.60. The largest absolute Gasteiger partial charge is 0.496 e. The number of ether oxygens (including phenoxy) is 3. The molecule has 1 N–H and O–H groups in total. The number of alkyl halides is 1. The number of hydrogen-bond acceptors (Lipinski definition) is 17. The highest BCUT2D eigenvalue weighted by atomic mass is 79.9. The quantitative estimate of drug-likeness (QED) is 0.0926. The lowest BCUT2D eigenvalue weighted by Gasteiger charge is -2.56. The fourth-order valence-corrected chi connectivity index (χ4v) is 10.9. The fourth-order valence-electron chi connectivity index (χ4n) is 10.3. The van der Waals surface area contributed by atoms with Crippen molar-refractivity contribution in [1.29, 1.82) is 0 Å². The Morgan fingerprint density at radius 1 is 0.551 bits per heavy atom. The van der Waals surface area contributed by atoms with E-state index in [1.54, 1.807) is 12.4 Å². The summed E-state index contributed by atoms with van der Waals surface area (Å²) in [5.74, 6) is 0.620. The second-order valence-electron chi connectivity index (χ2n) is 20.9. The molecule has 78 heavy (non-hydrogen) atoms. The van der Waals surface area contributed by atoms with E-state index in [1.807, 2.05) is 68.0 Å². The first-order valence-corrected chi connectivity index (χ1v) is 27.5. The van der Waals surface area contributed by atoms with Gasteiger partial charge in [0.15, 0.2) is 0 Å². The molecule has 0 aliphatic carbocycles. The third kappa shape index (κ3) is 13.2. The van der Waals surface area contributed by atoms with Gasteiger partial charge >= 0.3 is 7.12 Å². The van der Waals surface area contributed by atoms with E-state index in [0.29, 0.717) is 49.4 Å². The van der Waals surface area contributed by atoms with Crippen molar-refractivity contribution in [2.75, 3.05) is 75.1 Å². The van der Waals surface area contributed by atoms with Crippen LogP contribution in [0.4, 0.5) is 17.5 Å². The van der Waals surface area contributed by atoms with E-state index >= 15 is 0 Å². The SMILES string of the molecule is Brc1ccc(N2CC3CC(C2)N3)nc1.[2H]C([2H])([2H])Oc1ccc(C([2H])([2H])Cl)cn1.[2H]C([2H])([2H])Oc1ccc(C([2H])([2H])N2C3CC2CN(c2ccc(B4OC(C)(C)C(C)(C)O4)cn2)C3)cn1.[2H]C([2H])([2H])Oc1ccc(C([2H])([2H])N2C3CC2CN(c2ccc(Br)cn2)C3)cn1. The van der Waals surface area contributed by atoms with Gasteiger partial charge in [-0.2, -0.15) is 0 Å². The van der Waals surface area contributed by atoms with Crippen LogP contribution in [0.3, 0.4) is 0 Å². The van der Waals surface area contributed by atoms with Crippen LogP contribution in [0.2, 0.25) is 0 Å². The Kier molecular flexibility index (Phi) is 12.7. The second kappa shape index (κ2) is 24.7. The van der Waals surface area contributed by atoms with Crippen LogP contribution in [0.25, 0.3) is 0 Å². The number of piperidine rings is 3. The molecule has 10 aliphatic heterocycles. The van der Waals surface area contributed by atoms with Crippen molar-refractivity contribution in [3.63, 3.8) is 0 Å². The van der Waals surface area contributed by atoms with Crippen molar-refractivity contribution in [2.45, 2.75) is 113 Å². The summed E-state index contributed by atoms with van der Waals surface area (Å²) in [6.07, 6.45) is 12.5. The number of nitrogens with zero attached hydrogens (tertiary/aromatic N) is 11. The molecule has 0 aromatic carbocycles. The van der Waals surface area contributed by atoms with Gasteiger partial charge in [-0.25, -0.2) is 29.9 Å². The number of anilines is 3. The highest BCUT2D eigenvalue weighted by molar-refractivity contribution is 9.10. The van der Waals surface area contributed by atoms with Gasteiger partial charge < -0.3 is 43.5 Å². The van der Waals surface area contributed by atoms with Crippen molar-refractivity contribution in [3.05, 3.63) is 136 Å². The number of rotatable bonds is 12. The first-order chi connectivity index (χ1) is 43.3. The van der Waals surface area contributed by atoms with Crippen molar-refractivity contribution in [1.82, 2.24) is 45.0 Å². The molecule has 21 heteroatoms. The zero-order valence-corrected chi connectivity index (χ0v) is 47.3. The first kappa shape index (κ1) is 40.1. The first-order valence-electron chi connectivity index (χ1n) is 33.1. The Bertz CT molecular complexity index is 3450. The van der Waals surface area contributed by atoms with E-state index in [4.69, 9.17) is 50.9 Å². The molecule has 16 rings (SSSR count). The monoisotopic (exact) mass is 1220 g/mol. The summed E-state index contributed by atoms with van der Waals surface area (Å²) in [4.78, 5) is 35.6. The highest BCUT2D eigenvalue weighted by Gasteiger charge is 2.52. The van der Waals surface area contributed by atoms with E-state index in [-0.39, 0.29) is 47.4 Å².